The predicted octanol–water partition coefficient (Wildman–Crippen LogP) is 1.09. The first-order valence-corrected chi connectivity index (χ1v) is 7.69. The van der Waals surface area contributed by atoms with Gasteiger partial charge in [-0.1, -0.05) is 30.3 Å². The molecule has 0 bridgehead atoms. The summed E-state index contributed by atoms with van der Waals surface area (Å²) in [5.74, 6) is 0. The summed E-state index contributed by atoms with van der Waals surface area (Å²) >= 11 is 0. The molecule has 2 fully saturated rings. The van der Waals surface area contributed by atoms with Crippen LogP contribution < -0.4 is 5.73 Å². The van der Waals surface area contributed by atoms with E-state index in [0.29, 0.717) is 18.6 Å². The highest BCUT2D eigenvalue weighted by Gasteiger charge is 2.32. The molecule has 110 valence electrons. The summed E-state index contributed by atoms with van der Waals surface area (Å²) in [6.45, 7) is 6.91. The Morgan fingerprint density at radius 2 is 1.90 bits per heavy atom. The molecular formula is C16H25N3O. The summed E-state index contributed by atoms with van der Waals surface area (Å²) in [5, 5.41) is 0. The second-order valence-corrected chi connectivity index (χ2v) is 5.75. The third-order valence-corrected chi connectivity index (χ3v) is 4.61. The lowest BCUT2D eigenvalue weighted by molar-refractivity contribution is 0.0176. The standard InChI is InChI=1S/C16H25N3O/c17-12-16(14-4-2-1-3-5-14)19-7-6-15(13-19)18-8-10-20-11-9-18/h1-5,15-16H,6-13,17H2. The van der Waals surface area contributed by atoms with E-state index in [1.54, 1.807) is 0 Å². The van der Waals surface area contributed by atoms with Gasteiger partial charge in [-0.05, 0) is 12.0 Å². The van der Waals surface area contributed by atoms with Gasteiger partial charge < -0.3 is 10.5 Å². The molecule has 1 aromatic rings. The van der Waals surface area contributed by atoms with Crippen LogP contribution in [0.3, 0.4) is 0 Å². The van der Waals surface area contributed by atoms with Crippen LogP contribution in [0.5, 0.6) is 0 Å². The number of likely N-dealkylation sites (tertiary alicyclic amines) is 1. The van der Waals surface area contributed by atoms with Crippen molar-refractivity contribution in [3.63, 3.8) is 0 Å². The van der Waals surface area contributed by atoms with E-state index in [-0.39, 0.29) is 0 Å². The van der Waals surface area contributed by atoms with Crippen LogP contribution in [0.25, 0.3) is 0 Å². The fourth-order valence-corrected chi connectivity index (χ4v) is 3.46. The molecule has 2 aliphatic rings. The molecule has 2 saturated heterocycles. The predicted molar refractivity (Wildman–Crippen MR) is 80.6 cm³/mol. The molecular weight excluding hydrogens is 250 g/mol. The van der Waals surface area contributed by atoms with Gasteiger partial charge in [0.15, 0.2) is 0 Å². The summed E-state index contributed by atoms with van der Waals surface area (Å²) in [7, 11) is 0. The van der Waals surface area contributed by atoms with Crippen molar-refractivity contribution in [2.75, 3.05) is 45.9 Å². The maximum atomic E-state index is 6.03. The molecule has 2 atom stereocenters. The highest BCUT2D eigenvalue weighted by molar-refractivity contribution is 5.19. The first-order chi connectivity index (χ1) is 9.88. The minimum Gasteiger partial charge on any atom is -0.379 e. The number of nitrogens with two attached hydrogens (primary N) is 1. The second kappa shape index (κ2) is 6.68. The number of hydrogen-bond acceptors (Lipinski definition) is 4. The van der Waals surface area contributed by atoms with Crippen LogP contribution in [-0.4, -0.2) is 61.8 Å². The van der Waals surface area contributed by atoms with E-state index < -0.39 is 0 Å². The molecule has 4 nitrogen and oxygen atoms in total. The maximum Gasteiger partial charge on any atom is 0.0594 e. The summed E-state index contributed by atoms with van der Waals surface area (Å²) in [4.78, 5) is 5.14. The van der Waals surface area contributed by atoms with Gasteiger partial charge in [0.25, 0.3) is 0 Å². The number of benzene rings is 1. The third kappa shape index (κ3) is 3.04. The average Bonchev–Trinajstić information content (AvgIpc) is 3.00. The van der Waals surface area contributed by atoms with E-state index >= 15 is 0 Å². The molecule has 3 rings (SSSR count). The van der Waals surface area contributed by atoms with Crippen LogP contribution in [-0.2, 0) is 4.74 Å². The fraction of sp³-hybridized carbons (Fsp3) is 0.625. The lowest BCUT2D eigenvalue weighted by atomic mass is 10.1. The van der Waals surface area contributed by atoms with E-state index in [4.69, 9.17) is 10.5 Å². The lowest BCUT2D eigenvalue weighted by Crippen LogP contribution is -2.45. The molecule has 4 heteroatoms. The normalized spacial score (nSPS) is 26.8. The van der Waals surface area contributed by atoms with Gasteiger partial charge in [-0.3, -0.25) is 9.80 Å². The average molecular weight is 275 g/mol. The molecule has 2 unspecified atom stereocenters. The summed E-state index contributed by atoms with van der Waals surface area (Å²) < 4.78 is 5.45. The lowest BCUT2D eigenvalue weighted by Gasteiger charge is -2.33. The Bertz CT molecular complexity index is 405. The summed E-state index contributed by atoms with van der Waals surface area (Å²) in [6.07, 6.45) is 1.25. The smallest absolute Gasteiger partial charge is 0.0594 e. The van der Waals surface area contributed by atoms with E-state index in [1.807, 2.05) is 0 Å². The van der Waals surface area contributed by atoms with Gasteiger partial charge in [-0.25, -0.2) is 0 Å². The van der Waals surface area contributed by atoms with Crippen molar-refractivity contribution in [2.24, 2.45) is 5.73 Å². The Morgan fingerprint density at radius 3 is 2.60 bits per heavy atom. The van der Waals surface area contributed by atoms with Gasteiger partial charge in [0.2, 0.25) is 0 Å². The van der Waals surface area contributed by atoms with E-state index in [1.165, 1.54) is 12.0 Å². The number of nitrogens with zero attached hydrogens (tertiary/aromatic N) is 2. The van der Waals surface area contributed by atoms with E-state index in [2.05, 4.69) is 40.1 Å². The van der Waals surface area contributed by atoms with Gasteiger partial charge >= 0.3 is 0 Å². The molecule has 0 saturated carbocycles. The van der Waals surface area contributed by atoms with Crippen molar-refractivity contribution in [2.45, 2.75) is 18.5 Å². The van der Waals surface area contributed by atoms with Gasteiger partial charge in [-0.2, -0.15) is 0 Å². The van der Waals surface area contributed by atoms with Crippen molar-refractivity contribution in [3.05, 3.63) is 35.9 Å². The third-order valence-electron chi connectivity index (χ3n) is 4.61. The Balaban J connectivity index is 1.63. The zero-order valence-corrected chi connectivity index (χ0v) is 12.1. The Morgan fingerprint density at radius 1 is 1.15 bits per heavy atom. The fourth-order valence-electron chi connectivity index (χ4n) is 3.46. The van der Waals surface area contributed by atoms with Crippen molar-refractivity contribution in [1.29, 1.82) is 0 Å². The summed E-state index contributed by atoms with van der Waals surface area (Å²) in [5.41, 5.74) is 7.38. The Kier molecular flexibility index (Phi) is 4.68. The van der Waals surface area contributed by atoms with E-state index in [9.17, 15) is 0 Å². The molecule has 0 spiro atoms. The zero-order chi connectivity index (χ0) is 13.8. The van der Waals surface area contributed by atoms with Crippen LogP contribution in [0.1, 0.15) is 18.0 Å². The Hall–Kier alpha value is -0.940. The summed E-state index contributed by atoms with van der Waals surface area (Å²) in [6, 6.07) is 11.7. The van der Waals surface area contributed by atoms with Gasteiger partial charge in [0, 0.05) is 44.8 Å². The molecule has 2 heterocycles. The quantitative estimate of drug-likeness (QED) is 0.893. The Labute approximate surface area is 121 Å². The molecule has 1 aromatic carbocycles. The molecule has 2 N–H and O–H groups in total. The van der Waals surface area contributed by atoms with Crippen molar-refractivity contribution in [1.82, 2.24) is 9.80 Å². The number of ether oxygens (including phenoxy) is 1. The molecule has 2 aliphatic heterocycles. The largest absolute Gasteiger partial charge is 0.379 e. The highest BCUT2D eigenvalue weighted by atomic mass is 16.5. The van der Waals surface area contributed by atoms with Gasteiger partial charge in [0.1, 0.15) is 0 Å². The molecule has 20 heavy (non-hydrogen) atoms. The van der Waals surface area contributed by atoms with Crippen molar-refractivity contribution >= 4 is 0 Å². The molecule has 0 amide bonds. The molecule has 0 aliphatic carbocycles. The van der Waals surface area contributed by atoms with Crippen LogP contribution in [0.15, 0.2) is 30.3 Å². The second-order valence-electron chi connectivity index (χ2n) is 5.75. The van der Waals surface area contributed by atoms with Crippen LogP contribution in [0, 0.1) is 0 Å². The first kappa shape index (κ1) is 14.0. The SMILES string of the molecule is NCC(c1ccccc1)N1CCC(N2CCOCC2)C1. The van der Waals surface area contributed by atoms with E-state index in [0.717, 1.165) is 39.4 Å². The van der Waals surface area contributed by atoms with Crippen LogP contribution in [0.4, 0.5) is 0 Å². The van der Waals surface area contributed by atoms with Gasteiger partial charge in [-0.15, -0.1) is 0 Å². The first-order valence-electron chi connectivity index (χ1n) is 7.69. The number of hydrogen-bond donors (Lipinski definition) is 1. The number of morpholine rings is 1. The van der Waals surface area contributed by atoms with Crippen molar-refractivity contribution < 1.29 is 4.74 Å². The zero-order valence-electron chi connectivity index (χ0n) is 12.1. The van der Waals surface area contributed by atoms with Gasteiger partial charge in [0.05, 0.1) is 13.2 Å². The van der Waals surface area contributed by atoms with Crippen molar-refractivity contribution in [3.8, 4) is 0 Å². The monoisotopic (exact) mass is 275 g/mol. The maximum absolute atomic E-state index is 6.03. The van der Waals surface area contributed by atoms with Crippen LogP contribution in [0.2, 0.25) is 0 Å². The highest BCUT2D eigenvalue weighted by Crippen LogP contribution is 2.26. The number of rotatable bonds is 4. The van der Waals surface area contributed by atoms with Crippen LogP contribution >= 0.6 is 0 Å². The minimum atomic E-state index is 0.363. The molecule has 0 radical (unpaired) electrons. The minimum absolute atomic E-state index is 0.363. The molecule has 0 aromatic heterocycles. The topological polar surface area (TPSA) is 41.7 Å².